The largest absolute Gasteiger partial charge is 0.349 e. The molecule has 6 heteroatoms. The van der Waals surface area contributed by atoms with Crippen LogP contribution in [-0.4, -0.2) is 40.9 Å². The van der Waals surface area contributed by atoms with Gasteiger partial charge in [0.05, 0.1) is 0 Å². The van der Waals surface area contributed by atoms with Crippen molar-refractivity contribution in [3.63, 3.8) is 0 Å². The Bertz CT molecular complexity index is 1160. The first-order valence-electron chi connectivity index (χ1n) is 13.2. The molecular weight excluding hydrogens is 438 g/mol. The van der Waals surface area contributed by atoms with Gasteiger partial charge >= 0.3 is 0 Å². The zero-order valence-electron chi connectivity index (χ0n) is 20.5. The van der Waals surface area contributed by atoms with Gasteiger partial charge < -0.3 is 14.8 Å². The summed E-state index contributed by atoms with van der Waals surface area (Å²) in [6, 6.07) is 10.0. The number of benzene rings is 1. The number of hydrogen-bond acceptors (Lipinski definition) is 3. The van der Waals surface area contributed by atoms with Crippen LogP contribution in [0.3, 0.4) is 0 Å². The molecule has 35 heavy (non-hydrogen) atoms. The molecule has 1 aromatic heterocycles. The molecule has 0 radical (unpaired) electrons. The molecule has 1 aromatic carbocycles. The van der Waals surface area contributed by atoms with Crippen LogP contribution in [0.4, 0.5) is 0 Å². The topological polar surface area (TPSA) is 71.4 Å². The molecule has 5 aliphatic rings. The SMILES string of the molecule is CN(CC12CC3CC(CC(C3)C1)C2)C(=O)c1cn(Cc2ccccc2)cc(C(=O)NC2CC2)c1=O. The minimum atomic E-state index is -0.463. The first kappa shape index (κ1) is 22.6. The summed E-state index contributed by atoms with van der Waals surface area (Å²) in [7, 11) is 1.83. The van der Waals surface area contributed by atoms with Crippen molar-refractivity contribution in [2.45, 2.75) is 64.0 Å². The van der Waals surface area contributed by atoms with Gasteiger partial charge in [0.2, 0.25) is 5.43 Å². The van der Waals surface area contributed by atoms with Gasteiger partial charge in [-0.25, -0.2) is 0 Å². The van der Waals surface area contributed by atoms with E-state index in [0.29, 0.717) is 13.1 Å². The summed E-state index contributed by atoms with van der Waals surface area (Å²) in [5.74, 6) is 1.78. The molecular formula is C29H35N3O3. The first-order valence-corrected chi connectivity index (χ1v) is 13.2. The van der Waals surface area contributed by atoms with Gasteiger partial charge in [-0.15, -0.1) is 0 Å². The van der Waals surface area contributed by atoms with Crippen molar-refractivity contribution in [1.29, 1.82) is 0 Å². The minimum Gasteiger partial charge on any atom is -0.349 e. The molecule has 2 aromatic rings. The van der Waals surface area contributed by atoms with E-state index in [0.717, 1.165) is 36.2 Å². The third-order valence-electron chi connectivity index (χ3n) is 8.76. The van der Waals surface area contributed by atoms with Gasteiger partial charge in [0, 0.05) is 38.6 Å². The number of carbonyl (C=O) groups is 2. The molecule has 6 nitrogen and oxygen atoms in total. The zero-order valence-corrected chi connectivity index (χ0v) is 20.5. The lowest BCUT2D eigenvalue weighted by atomic mass is 9.49. The highest BCUT2D eigenvalue weighted by atomic mass is 16.2. The monoisotopic (exact) mass is 473 g/mol. The smallest absolute Gasteiger partial charge is 0.259 e. The number of amides is 2. The van der Waals surface area contributed by atoms with Crippen molar-refractivity contribution in [2.75, 3.05) is 13.6 Å². The normalized spacial score (nSPS) is 28.7. The van der Waals surface area contributed by atoms with Crippen molar-refractivity contribution in [2.24, 2.45) is 23.2 Å². The quantitative estimate of drug-likeness (QED) is 0.659. The molecule has 1 N–H and O–H groups in total. The van der Waals surface area contributed by atoms with E-state index in [2.05, 4.69) is 5.32 Å². The molecule has 1 heterocycles. The van der Waals surface area contributed by atoms with Crippen molar-refractivity contribution < 1.29 is 9.59 Å². The number of nitrogens with one attached hydrogen (secondary N) is 1. The summed E-state index contributed by atoms with van der Waals surface area (Å²) in [6.07, 6.45) is 12.8. The molecule has 2 amide bonds. The molecule has 0 atom stereocenters. The van der Waals surface area contributed by atoms with Crippen molar-refractivity contribution in [3.8, 4) is 0 Å². The molecule has 184 valence electrons. The third kappa shape index (κ3) is 4.55. The van der Waals surface area contributed by atoms with E-state index >= 15 is 0 Å². The number of pyridine rings is 1. The zero-order chi connectivity index (χ0) is 24.2. The number of nitrogens with zero attached hydrogens (tertiary/aromatic N) is 2. The van der Waals surface area contributed by atoms with Gasteiger partial charge in [-0.1, -0.05) is 30.3 Å². The molecule has 0 saturated heterocycles. The second-order valence-electron chi connectivity index (χ2n) is 11.9. The Morgan fingerprint density at radius 2 is 1.57 bits per heavy atom. The van der Waals surface area contributed by atoms with Crippen LogP contribution in [0, 0.1) is 23.2 Å². The summed E-state index contributed by atoms with van der Waals surface area (Å²) < 4.78 is 1.81. The number of rotatable bonds is 7. The highest BCUT2D eigenvalue weighted by Crippen LogP contribution is 2.60. The van der Waals surface area contributed by atoms with Gasteiger partial charge in [0.1, 0.15) is 11.1 Å². The number of aromatic nitrogens is 1. The van der Waals surface area contributed by atoms with Gasteiger partial charge in [0.25, 0.3) is 11.8 Å². The molecule has 5 aliphatic carbocycles. The van der Waals surface area contributed by atoms with Crippen LogP contribution in [0.25, 0.3) is 0 Å². The Balaban J connectivity index is 1.29. The van der Waals surface area contributed by atoms with E-state index < -0.39 is 5.43 Å². The van der Waals surface area contributed by atoms with Gasteiger partial charge in [0.15, 0.2) is 0 Å². The molecule has 7 rings (SSSR count). The van der Waals surface area contributed by atoms with Crippen LogP contribution in [-0.2, 0) is 6.54 Å². The Morgan fingerprint density at radius 1 is 0.971 bits per heavy atom. The van der Waals surface area contributed by atoms with Crippen LogP contribution >= 0.6 is 0 Å². The maximum absolute atomic E-state index is 13.7. The number of hydrogen-bond donors (Lipinski definition) is 1. The van der Waals surface area contributed by atoms with Crippen molar-refractivity contribution in [1.82, 2.24) is 14.8 Å². The Hall–Kier alpha value is -2.89. The third-order valence-corrected chi connectivity index (χ3v) is 8.76. The maximum atomic E-state index is 13.7. The van der Waals surface area contributed by atoms with Crippen molar-refractivity contribution >= 4 is 11.8 Å². The fraction of sp³-hybridized carbons (Fsp3) is 0.552. The second-order valence-corrected chi connectivity index (χ2v) is 11.9. The van der Waals surface area contributed by atoms with Gasteiger partial charge in [-0.2, -0.15) is 0 Å². The van der Waals surface area contributed by atoms with Crippen LogP contribution in [0.5, 0.6) is 0 Å². The molecule has 5 fully saturated rings. The highest BCUT2D eigenvalue weighted by molar-refractivity contribution is 5.99. The Kier molecular flexibility index (Phi) is 5.58. The summed E-state index contributed by atoms with van der Waals surface area (Å²) >= 11 is 0. The summed E-state index contributed by atoms with van der Waals surface area (Å²) in [4.78, 5) is 41.8. The molecule has 0 unspecified atom stereocenters. The fourth-order valence-electron chi connectivity index (χ4n) is 7.59. The van der Waals surface area contributed by atoms with E-state index in [1.54, 1.807) is 17.3 Å². The van der Waals surface area contributed by atoms with Crippen molar-refractivity contribution in [3.05, 3.63) is 69.6 Å². The van der Waals surface area contributed by atoms with Crippen LogP contribution < -0.4 is 10.7 Å². The van der Waals surface area contributed by atoms with E-state index in [-0.39, 0.29) is 34.4 Å². The predicted molar refractivity (Wildman–Crippen MR) is 134 cm³/mol. The molecule has 5 saturated carbocycles. The summed E-state index contributed by atoms with van der Waals surface area (Å²) in [5.41, 5.74) is 0.932. The van der Waals surface area contributed by atoms with Gasteiger partial charge in [-0.3, -0.25) is 14.4 Å². The average molecular weight is 474 g/mol. The van der Waals surface area contributed by atoms with E-state index in [4.69, 9.17) is 0 Å². The first-order chi connectivity index (χ1) is 16.9. The minimum absolute atomic E-state index is 0.0573. The highest BCUT2D eigenvalue weighted by Gasteiger charge is 2.51. The molecule has 0 spiro atoms. The van der Waals surface area contributed by atoms with Crippen LogP contribution in [0.15, 0.2) is 47.5 Å². The van der Waals surface area contributed by atoms with E-state index in [1.807, 2.05) is 41.9 Å². The lowest BCUT2D eigenvalue weighted by molar-refractivity contribution is -0.0629. The van der Waals surface area contributed by atoms with Crippen LogP contribution in [0.2, 0.25) is 0 Å². The fourth-order valence-corrected chi connectivity index (χ4v) is 7.59. The van der Waals surface area contributed by atoms with E-state index in [9.17, 15) is 14.4 Å². The molecule has 4 bridgehead atoms. The van der Waals surface area contributed by atoms with Crippen LogP contribution in [0.1, 0.15) is 77.6 Å². The predicted octanol–water partition coefficient (Wildman–Crippen LogP) is 4.08. The lowest BCUT2D eigenvalue weighted by Crippen LogP contribution is -2.51. The van der Waals surface area contributed by atoms with E-state index in [1.165, 1.54) is 38.5 Å². The summed E-state index contributed by atoms with van der Waals surface area (Å²) in [6.45, 7) is 1.19. The Morgan fingerprint density at radius 3 is 2.17 bits per heavy atom. The average Bonchev–Trinajstić information content (AvgIpc) is 3.63. The standard InChI is InChI=1S/C29H35N3O3/c1-31(18-29-12-20-9-21(13-29)11-22(10-20)14-29)28(35)25-17-32(15-19-5-3-2-4-6-19)16-24(26(25)33)27(34)30-23-7-8-23/h2-6,16-17,20-23H,7-15,18H2,1H3,(H,30,34). The van der Waals surface area contributed by atoms with Gasteiger partial charge in [-0.05, 0) is 80.1 Å². The molecule has 0 aliphatic heterocycles. The second kappa shape index (κ2) is 8.65. The Labute approximate surface area is 206 Å². The maximum Gasteiger partial charge on any atom is 0.259 e. The number of carbonyl (C=O) groups excluding carboxylic acids is 2. The lowest BCUT2D eigenvalue weighted by Gasteiger charge is -2.57. The summed E-state index contributed by atoms with van der Waals surface area (Å²) in [5, 5.41) is 2.92.